The highest BCUT2D eigenvalue weighted by Gasteiger charge is 2.30. The summed E-state index contributed by atoms with van der Waals surface area (Å²) in [5, 5.41) is 0. The minimum Gasteiger partial charge on any atom is -0.336 e. The van der Waals surface area contributed by atoms with Crippen LogP contribution in [0, 0.1) is 0 Å². The molecule has 8 heteroatoms. The Morgan fingerprint density at radius 3 is 2.67 bits per heavy atom. The van der Waals surface area contributed by atoms with Gasteiger partial charge in [-0.2, -0.15) is 13.2 Å². The number of carbonyl (C=O) groups excluding carboxylic acids is 1. The molecule has 0 aliphatic carbocycles. The van der Waals surface area contributed by atoms with Crippen LogP contribution in [0.3, 0.4) is 0 Å². The van der Waals surface area contributed by atoms with E-state index < -0.39 is 18.6 Å². The van der Waals surface area contributed by atoms with Crippen LogP contribution in [0.2, 0.25) is 4.34 Å². The molecule has 0 aromatic carbocycles. The molecule has 0 N–H and O–H groups in total. The zero-order valence-electron chi connectivity index (χ0n) is 9.46. The standard InChI is InChI=1S/C10H11ClF3NOS2/c1-15(6-10(12,13)14)9(16)5-17-4-7-2-3-8(11)18-7/h2-3H,4-6H2,1H3. The molecule has 0 unspecified atom stereocenters. The van der Waals surface area contributed by atoms with Gasteiger partial charge in [-0.05, 0) is 12.1 Å². The Morgan fingerprint density at radius 1 is 1.50 bits per heavy atom. The average molecular weight is 318 g/mol. The van der Waals surface area contributed by atoms with Gasteiger partial charge in [-0.3, -0.25) is 4.79 Å². The molecule has 0 saturated carbocycles. The third kappa shape index (κ3) is 5.97. The van der Waals surface area contributed by atoms with E-state index in [1.165, 1.54) is 23.1 Å². The van der Waals surface area contributed by atoms with E-state index in [1.807, 2.05) is 6.07 Å². The molecule has 0 aliphatic heterocycles. The molecule has 0 aliphatic rings. The fourth-order valence-electron chi connectivity index (χ4n) is 1.14. The summed E-state index contributed by atoms with van der Waals surface area (Å²) in [6, 6.07) is 3.59. The largest absolute Gasteiger partial charge is 0.406 e. The molecule has 0 radical (unpaired) electrons. The minimum atomic E-state index is -4.35. The third-order valence-electron chi connectivity index (χ3n) is 1.94. The Labute approximate surface area is 116 Å². The number of hydrogen-bond donors (Lipinski definition) is 0. The van der Waals surface area contributed by atoms with Gasteiger partial charge in [0.25, 0.3) is 0 Å². The van der Waals surface area contributed by atoms with Crippen LogP contribution < -0.4 is 0 Å². The second-order valence-electron chi connectivity index (χ2n) is 3.56. The number of amides is 1. The van der Waals surface area contributed by atoms with E-state index >= 15 is 0 Å². The second kappa shape index (κ2) is 6.68. The molecule has 1 heterocycles. The monoisotopic (exact) mass is 317 g/mol. The van der Waals surface area contributed by atoms with Crippen molar-refractivity contribution in [1.29, 1.82) is 0 Å². The van der Waals surface area contributed by atoms with E-state index in [2.05, 4.69) is 0 Å². The fraction of sp³-hybridized carbons (Fsp3) is 0.500. The van der Waals surface area contributed by atoms with Crippen molar-refractivity contribution in [2.45, 2.75) is 11.9 Å². The molecular weight excluding hydrogens is 307 g/mol. The lowest BCUT2D eigenvalue weighted by atomic mass is 10.5. The highest BCUT2D eigenvalue weighted by atomic mass is 35.5. The zero-order valence-corrected chi connectivity index (χ0v) is 11.8. The number of halogens is 4. The molecule has 0 saturated heterocycles. The van der Waals surface area contributed by atoms with Crippen molar-refractivity contribution in [3.8, 4) is 0 Å². The Bertz CT molecular complexity index is 408. The summed E-state index contributed by atoms with van der Waals surface area (Å²) in [6.45, 7) is -1.21. The predicted molar refractivity (Wildman–Crippen MR) is 69.2 cm³/mol. The topological polar surface area (TPSA) is 20.3 Å². The SMILES string of the molecule is CN(CC(F)(F)F)C(=O)CSCc1ccc(Cl)s1. The molecule has 0 bridgehead atoms. The summed E-state index contributed by atoms with van der Waals surface area (Å²) in [6.07, 6.45) is -4.35. The van der Waals surface area contributed by atoms with Crippen LogP contribution in [-0.2, 0) is 10.5 Å². The first-order valence-electron chi connectivity index (χ1n) is 4.90. The molecular formula is C10H11ClF3NOS2. The lowest BCUT2D eigenvalue weighted by molar-refractivity contribution is -0.156. The third-order valence-corrected chi connectivity index (χ3v) is 4.32. The lowest BCUT2D eigenvalue weighted by Gasteiger charge is -2.18. The van der Waals surface area contributed by atoms with Gasteiger partial charge in [0.2, 0.25) is 5.91 Å². The number of hydrogen-bond acceptors (Lipinski definition) is 3. The van der Waals surface area contributed by atoms with E-state index in [1.54, 1.807) is 6.07 Å². The number of thiophene rings is 1. The maximum atomic E-state index is 12.0. The Kier molecular flexibility index (Phi) is 5.81. The van der Waals surface area contributed by atoms with Crippen LogP contribution in [0.25, 0.3) is 0 Å². The molecule has 1 amide bonds. The number of alkyl halides is 3. The van der Waals surface area contributed by atoms with Gasteiger partial charge in [0.05, 0.1) is 10.1 Å². The number of thioether (sulfide) groups is 1. The van der Waals surface area contributed by atoms with E-state index in [4.69, 9.17) is 11.6 Å². The Morgan fingerprint density at radius 2 is 2.17 bits per heavy atom. The van der Waals surface area contributed by atoms with Gasteiger partial charge in [0.1, 0.15) is 6.54 Å². The van der Waals surface area contributed by atoms with E-state index in [0.29, 0.717) is 15.0 Å². The molecule has 1 aromatic rings. The van der Waals surface area contributed by atoms with Crippen molar-refractivity contribution in [3.05, 3.63) is 21.3 Å². The normalized spacial score (nSPS) is 11.6. The number of nitrogens with zero attached hydrogens (tertiary/aromatic N) is 1. The zero-order chi connectivity index (χ0) is 13.8. The fourth-order valence-corrected chi connectivity index (χ4v) is 3.30. The second-order valence-corrected chi connectivity index (χ2v) is 6.35. The molecule has 1 rings (SSSR count). The smallest absolute Gasteiger partial charge is 0.336 e. The molecule has 0 spiro atoms. The van der Waals surface area contributed by atoms with Gasteiger partial charge in [0.15, 0.2) is 0 Å². The van der Waals surface area contributed by atoms with Crippen LogP contribution >= 0.6 is 34.7 Å². The molecule has 18 heavy (non-hydrogen) atoms. The number of carbonyl (C=O) groups is 1. The molecule has 0 atom stereocenters. The maximum Gasteiger partial charge on any atom is 0.406 e. The van der Waals surface area contributed by atoms with Gasteiger partial charge in [0, 0.05) is 17.7 Å². The lowest BCUT2D eigenvalue weighted by Crippen LogP contribution is -2.36. The van der Waals surface area contributed by atoms with Crippen LogP contribution in [-0.4, -0.2) is 36.3 Å². The first-order chi connectivity index (χ1) is 8.28. The molecule has 2 nitrogen and oxygen atoms in total. The van der Waals surface area contributed by atoms with Crippen molar-refractivity contribution in [1.82, 2.24) is 4.90 Å². The first kappa shape index (κ1) is 15.7. The molecule has 0 fully saturated rings. The predicted octanol–water partition coefficient (Wildman–Crippen LogP) is 3.66. The van der Waals surface area contributed by atoms with Gasteiger partial charge in [-0.25, -0.2) is 0 Å². The van der Waals surface area contributed by atoms with E-state index in [-0.39, 0.29) is 5.75 Å². The maximum absolute atomic E-state index is 12.0. The van der Waals surface area contributed by atoms with E-state index in [0.717, 1.165) is 11.9 Å². The summed E-state index contributed by atoms with van der Waals surface area (Å²) in [5.74, 6) is 0.0745. The highest BCUT2D eigenvalue weighted by molar-refractivity contribution is 7.99. The van der Waals surface area contributed by atoms with Crippen molar-refractivity contribution in [3.63, 3.8) is 0 Å². The van der Waals surface area contributed by atoms with Crippen LogP contribution in [0.5, 0.6) is 0 Å². The molecule has 102 valence electrons. The Hall–Kier alpha value is -0.400. The Balaban J connectivity index is 2.28. The summed E-state index contributed by atoms with van der Waals surface area (Å²) in [5.41, 5.74) is 0. The van der Waals surface area contributed by atoms with Gasteiger partial charge >= 0.3 is 6.18 Å². The minimum absolute atomic E-state index is 0.0299. The van der Waals surface area contributed by atoms with Gasteiger partial charge in [-0.15, -0.1) is 23.1 Å². The summed E-state index contributed by atoms with van der Waals surface area (Å²) in [7, 11) is 1.15. The van der Waals surface area contributed by atoms with Crippen molar-refractivity contribution in [2.75, 3.05) is 19.3 Å². The van der Waals surface area contributed by atoms with Crippen LogP contribution in [0.1, 0.15) is 4.88 Å². The average Bonchev–Trinajstić information content (AvgIpc) is 2.61. The summed E-state index contributed by atoms with van der Waals surface area (Å²) in [4.78, 5) is 13.1. The quantitative estimate of drug-likeness (QED) is 0.826. The van der Waals surface area contributed by atoms with Gasteiger partial charge < -0.3 is 4.90 Å². The van der Waals surface area contributed by atoms with Crippen molar-refractivity contribution >= 4 is 40.6 Å². The van der Waals surface area contributed by atoms with Crippen molar-refractivity contribution in [2.24, 2.45) is 0 Å². The summed E-state index contributed by atoms with van der Waals surface area (Å²) >= 11 is 8.41. The van der Waals surface area contributed by atoms with Crippen molar-refractivity contribution < 1.29 is 18.0 Å². The number of rotatable bonds is 5. The van der Waals surface area contributed by atoms with Gasteiger partial charge in [-0.1, -0.05) is 11.6 Å². The highest BCUT2D eigenvalue weighted by Crippen LogP contribution is 2.25. The summed E-state index contributed by atoms with van der Waals surface area (Å²) < 4.78 is 36.8. The molecule has 1 aromatic heterocycles. The van der Waals surface area contributed by atoms with E-state index in [9.17, 15) is 18.0 Å². The van der Waals surface area contributed by atoms with Crippen LogP contribution in [0.15, 0.2) is 12.1 Å². The van der Waals surface area contributed by atoms with Crippen LogP contribution in [0.4, 0.5) is 13.2 Å². The first-order valence-corrected chi connectivity index (χ1v) is 7.25.